The molecule has 20 heavy (non-hydrogen) atoms. The lowest BCUT2D eigenvalue weighted by Crippen LogP contribution is -2.00. The Kier molecular flexibility index (Phi) is 5.30. The van der Waals surface area contributed by atoms with Crippen LogP contribution in [0.15, 0.2) is 46.9 Å². The average Bonchev–Trinajstić information content (AvgIpc) is 2.48. The number of aromatic hydroxyl groups is 1. The predicted octanol–water partition coefficient (Wildman–Crippen LogP) is 4.56. The Morgan fingerprint density at radius 1 is 1.15 bits per heavy atom. The molecule has 0 amide bonds. The van der Waals surface area contributed by atoms with Crippen molar-refractivity contribution < 1.29 is 9.84 Å². The van der Waals surface area contributed by atoms with Gasteiger partial charge in [-0.3, -0.25) is 0 Å². The molecular formula is C16H18BrNO2. The van der Waals surface area contributed by atoms with Gasteiger partial charge in [-0.05, 0) is 52.7 Å². The lowest BCUT2D eigenvalue weighted by molar-refractivity contribution is 0.317. The number of anilines is 1. The van der Waals surface area contributed by atoms with Crippen molar-refractivity contribution in [1.82, 2.24) is 0 Å². The van der Waals surface area contributed by atoms with Gasteiger partial charge in [0.25, 0.3) is 0 Å². The number of ether oxygens (including phenoxy) is 1. The summed E-state index contributed by atoms with van der Waals surface area (Å²) in [5.41, 5.74) is 1.85. The highest BCUT2D eigenvalue weighted by molar-refractivity contribution is 9.10. The van der Waals surface area contributed by atoms with E-state index in [-0.39, 0.29) is 5.75 Å². The molecule has 2 aromatic rings. The molecule has 3 nitrogen and oxygen atoms in total. The van der Waals surface area contributed by atoms with Crippen LogP contribution >= 0.6 is 15.9 Å². The monoisotopic (exact) mass is 335 g/mol. The molecule has 0 radical (unpaired) electrons. The standard InChI is InChI=1S/C16H18BrNO2/c1-2-10-20-14-8-6-13(7-9-14)18-11-12-4-3-5-15(17)16(12)19/h3-9,18-19H,2,10-11H2,1H3. The maximum atomic E-state index is 9.91. The smallest absolute Gasteiger partial charge is 0.134 e. The van der Waals surface area contributed by atoms with E-state index >= 15 is 0 Å². The van der Waals surface area contributed by atoms with Gasteiger partial charge in [0.1, 0.15) is 11.5 Å². The molecule has 2 aromatic carbocycles. The highest BCUT2D eigenvalue weighted by atomic mass is 79.9. The SMILES string of the molecule is CCCOc1ccc(NCc2cccc(Br)c2O)cc1. The van der Waals surface area contributed by atoms with Crippen molar-refractivity contribution in [2.24, 2.45) is 0 Å². The number of rotatable bonds is 6. The van der Waals surface area contributed by atoms with Crippen molar-refractivity contribution in [2.75, 3.05) is 11.9 Å². The van der Waals surface area contributed by atoms with Crippen LogP contribution in [0, 0.1) is 0 Å². The van der Waals surface area contributed by atoms with Crippen molar-refractivity contribution in [3.8, 4) is 11.5 Å². The summed E-state index contributed by atoms with van der Waals surface area (Å²) in [4.78, 5) is 0. The van der Waals surface area contributed by atoms with E-state index in [9.17, 15) is 5.11 Å². The largest absolute Gasteiger partial charge is 0.506 e. The molecule has 0 aromatic heterocycles. The predicted molar refractivity (Wildman–Crippen MR) is 85.4 cm³/mol. The zero-order chi connectivity index (χ0) is 14.4. The molecule has 2 rings (SSSR count). The first-order valence-corrected chi connectivity index (χ1v) is 7.43. The maximum Gasteiger partial charge on any atom is 0.134 e. The summed E-state index contributed by atoms with van der Waals surface area (Å²) in [6, 6.07) is 13.4. The van der Waals surface area contributed by atoms with E-state index in [2.05, 4.69) is 28.2 Å². The van der Waals surface area contributed by atoms with Crippen LogP contribution in [0.25, 0.3) is 0 Å². The third-order valence-corrected chi connectivity index (χ3v) is 3.52. The number of phenols is 1. The number of hydrogen-bond acceptors (Lipinski definition) is 3. The third kappa shape index (κ3) is 3.90. The quantitative estimate of drug-likeness (QED) is 0.813. The highest BCUT2D eigenvalue weighted by Gasteiger charge is 2.04. The average molecular weight is 336 g/mol. The van der Waals surface area contributed by atoms with Crippen LogP contribution in [-0.2, 0) is 6.54 Å². The summed E-state index contributed by atoms with van der Waals surface area (Å²) in [7, 11) is 0. The van der Waals surface area contributed by atoms with Crippen molar-refractivity contribution in [3.05, 3.63) is 52.5 Å². The number of para-hydroxylation sites is 1. The van der Waals surface area contributed by atoms with E-state index in [1.54, 1.807) is 0 Å². The van der Waals surface area contributed by atoms with Gasteiger partial charge >= 0.3 is 0 Å². The summed E-state index contributed by atoms with van der Waals surface area (Å²) in [6.45, 7) is 3.39. The summed E-state index contributed by atoms with van der Waals surface area (Å²) in [6.07, 6.45) is 1.00. The van der Waals surface area contributed by atoms with Gasteiger partial charge in [0.15, 0.2) is 0 Å². The van der Waals surface area contributed by atoms with Crippen LogP contribution in [-0.4, -0.2) is 11.7 Å². The molecule has 0 heterocycles. The van der Waals surface area contributed by atoms with E-state index in [1.807, 2.05) is 42.5 Å². The van der Waals surface area contributed by atoms with Gasteiger partial charge in [-0.2, -0.15) is 0 Å². The Hall–Kier alpha value is -1.68. The summed E-state index contributed by atoms with van der Waals surface area (Å²) in [5, 5.41) is 13.2. The van der Waals surface area contributed by atoms with Crippen LogP contribution in [0.5, 0.6) is 11.5 Å². The number of phenolic OH excluding ortho intramolecular Hbond substituents is 1. The van der Waals surface area contributed by atoms with Gasteiger partial charge in [0.2, 0.25) is 0 Å². The number of nitrogens with one attached hydrogen (secondary N) is 1. The summed E-state index contributed by atoms with van der Waals surface area (Å²) < 4.78 is 6.24. The molecule has 0 aliphatic rings. The normalized spacial score (nSPS) is 10.3. The Morgan fingerprint density at radius 2 is 1.90 bits per heavy atom. The Morgan fingerprint density at radius 3 is 2.60 bits per heavy atom. The van der Waals surface area contributed by atoms with Crippen LogP contribution in [0.1, 0.15) is 18.9 Å². The van der Waals surface area contributed by atoms with Gasteiger partial charge in [-0.25, -0.2) is 0 Å². The second-order valence-electron chi connectivity index (χ2n) is 4.47. The number of benzene rings is 2. The minimum absolute atomic E-state index is 0.280. The zero-order valence-electron chi connectivity index (χ0n) is 11.4. The number of hydrogen-bond donors (Lipinski definition) is 2. The van der Waals surface area contributed by atoms with E-state index in [0.29, 0.717) is 11.0 Å². The second kappa shape index (κ2) is 7.20. The Balaban J connectivity index is 1.95. The molecule has 0 unspecified atom stereocenters. The zero-order valence-corrected chi connectivity index (χ0v) is 13.0. The van der Waals surface area contributed by atoms with Crippen LogP contribution < -0.4 is 10.1 Å². The fraction of sp³-hybridized carbons (Fsp3) is 0.250. The first-order valence-electron chi connectivity index (χ1n) is 6.63. The molecule has 2 N–H and O–H groups in total. The molecule has 0 atom stereocenters. The molecule has 0 saturated heterocycles. The molecular weight excluding hydrogens is 318 g/mol. The minimum Gasteiger partial charge on any atom is -0.506 e. The molecule has 0 bridgehead atoms. The van der Waals surface area contributed by atoms with Crippen molar-refractivity contribution in [3.63, 3.8) is 0 Å². The lowest BCUT2D eigenvalue weighted by Gasteiger charge is -2.10. The first kappa shape index (κ1) is 14.7. The fourth-order valence-corrected chi connectivity index (χ4v) is 2.20. The van der Waals surface area contributed by atoms with Crippen molar-refractivity contribution >= 4 is 21.6 Å². The molecule has 4 heteroatoms. The van der Waals surface area contributed by atoms with E-state index < -0.39 is 0 Å². The second-order valence-corrected chi connectivity index (χ2v) is 5.33. The van der Waals surface area contributed by atoms with Crippen molar-refractivity contribution in [1.29, 1.82) is 0 Å². The molecule has 0 fully saturated rings. The van der Waals surface area contributed by atoms with Gasteiger partial charge in [0, 0.05) is 17.8 Å². The molecule has 0 aliphatic heterocycles. The molecule has 0 spiro atoms. The fourth-order valence-electron chi connectivity index (χ4n) is 1.79. The third-order valence-electron chi connectivity index (χ3n) is 2.88. The maximum absolute atomic E-state index is 9.91. The summed E-state index contributed by atoms with van der Waals surface area (Å²) >= 11 is 3.31. The molecule has 106 valence electrons. The highest BCUT2D eigenvalue weighted by Crippen LogP contribution is 2.28. The number of halogens is 1. The van der Waals surface area contributed by atoms with E-state index in [4.69, 9.17) is 4.74 Å². The summed E-state index contributed by atoms with van der Waals surface area (Å²) in [5.74, 6) is 1.16. The first-order chi connectivity index (χ1) is 9.70. The molecule has 0 aliphatic carbocycles. The Labute approximate surface area is 127 Å². The minimum atomic E-state index is 0.280. The van der Waals surface area contributed by atoms with E-state index in [0.717, 1.165) is 30.0 Å². The lowest BCUT2D eigenvalue weighted by atomic mass is 10.2. The van der Waals surface area contributed by atoms with E-state index in [1.165, 1.54) is 0 Å². The Bertz CT molecular complexity index is 555. The van der Waals surface area contributed by atoms with Gasteiger partial charge < -0.3 is 15.2 Å². The van der Waals surface area contributed by atoms with Crippen molar-refractivity contribution in [2.45, 2.75) is 19.9 Å². The van der Waals surface area contributed by atoms with Crippen LogP contribution in [0.2, 0.25) is 0 Å². The topological polar surface area (TPSA) is 41.5 Å². The molecule has 0 saturated carbocycles. The van der Waals surface area contributed by atoms with Gasteiger partial charge in [-0.1, -0.05) is 19.1 Å². The van der Waals surface area contributed by atoms with Gasteiger partial charge in [-0.15, -0.1) is 0 Å². The van der Waals surface area contributed by atoms with Crippen LogP contribution in [0.3, 0.4) is 0 Å². The van der Waals surface area contributed by atoms with Crippen LogP contribution in [0.4, 0.5) is 5.69 Å². The van der Waals surface area contributed by atoms with Gasteiger partial charge in [0.05, 0.1) is 11.1 Å².